The van der Waals surface area contributed by atoms with Gasteiger partial charge in [-0.3, -0.25) is 4.79 Å². The van der Waals surface area contributed by atoms with Crippen LogP contribution in [0.3, 0.4) is 0 Å². The van der Waals surface area contributed by atoms with E-state index in [4.69, 9.17) is 9.84 Å². The molecule has 0 aliphatic carbocycles. The average Bonchev–Trinajstić information content (AvgIpc) is 2.48. The predicted octanol–water partition coefficient (Wildman–Crippen LogP) is 2.69. The van der Waals surface area contributed by atoms with Crippen LogP contribution >= 0.6 is 0 Å². The van der Waals surface area contributed by atoms with Crippen molar-refractivity contribution in [2.75, 3.05) is 24.6 Å². The van der Waals surface area contributed by atoms with Crippen molar-refractivity contribution in [3.05, 3.63) is 29.6 Å². The van der Waals surface area contributed by atoms with Gasteiger partial charge in [0.1, 0.15) is 5.82 Å². The van der Waals surface area contributed by atoms with E-state index in [0.29, 0.717) is 31.8 Å². The molecule has 2 rings (SSSR count). The molecule has 0 aromatic heterocycles. The molecule has 1 N–H and O–H groups in total. The Morgan fingerprint density at radius 3 is 2.59 bits per heavy atom. The number of aromatic carboxylic acids is 1. The van der Waals surface area contributed by atoms with Crippen LogP contribution in [0.15, 0.2) is 18.2 Å². The second-order valence-electron chi connectivity index (χ2n) is 5.41. The number of hydrogen-bond acceptors (Lipinski definition) is 4. The number of carbonyl (C=O) groups is 2. The van der Waals surface area contributed by atoms with Crippen LogP contribution in [-0.4, -0.2) is 36.7 Å². The van der Waals surface area contributed by atoms with E-state index in [-0.39, 0.29) is 17.5 Å². The number of carboxylic acid groups (broad SMARTS) is 1. The highest BCUT2D eigenvalue weighted by Crippen LogP contribution is 2.28. The molecule has 1 aromatic rings. The molecule has 120 valence electrons. The fraction of sp³-hybridized carbons (Fsp3) is 0.500. The zero-order valence-corrected chi connectivity index (χ0v) is 12.5. The molecule has 0 unspecified atom stereocenters. The molecular formula is C16H20FNO4. The van der Waals surface area contributed by atoms with Crippen molar-refractivity contribution in [1.29, 1.82) is 0 Å². The van der Waals surface area contributed by atoms with Gasteiger partial charge >= 0.3 is 11.9 Å². The maximum atomic E-state index is 14.0. The van der Waals surface area contributed by atoms with Gasteiger partial charge in [-0.25, -0.2) is 9.18 Å². The monoisotopic (exact) mass is 309 g/mol. The Bertz CT molecular complexity index is 553. The molecule has 22 heavy (non-hydrogen) atoms. The minimum Gasteiger partial charge on any atom is -0.478 e. The molecule has 1 aliphatic heterocycles. The van der Waals surface area contributed by atoms with E-state index in [2.05, 4.69) is 0 Å². The van der Waals surface area contributed by atoms with Crippen LogP contribution in [0, 0.1) is 11.7 Å². The van der Waals surface area contributed by atoms with E-state index in [9.17, 15) is 14.0 Å². The fourth-order valence-electron chi connectivity index (χ4n) is 2.73. The van der Waals surface area contributed by atoms with Crippen molar-refractivity contribution in [3.8, 4) is 0 Å². The number of esters is 1. The largest absolute Gasteiger partial charge is 0.478 e. The van der Waals surface area contributed by atoms with E-state index in [1.165, 1.54) is 12.1 Å². The smallest absolute Gasteiger partial charge is 0.335 e. The summed E-state index contributed by atoms with van der Waals surface area (Å²) in [6.45, 7) is 3.46. The van der Waals surface area contributed by atoms with Gasteiger partial charge in [-0.2, -0.15) is 0 Å². The number of benzene rings is 1. The maximum Gasteiger partial charge on any atom is 0.335 e. The normalized spacial score (nSPS) is 15.6. The molecule has 1 aromatic carbocycles. The quantitative estimate of drug-likeness (QED) is 0.847. The third-order valence-corrected chi connectivity index (χ3v) is 3.91. The second-order valence-corrected chi connectivity index (χ2v) is 5.41. The number of carbonyl (C=O) groups excluding carboxylic acids is 1. The molecule has 0 amide bonds. The minimum atomic E-state index is -1.14. The number of ether oxygens (including phenoxy) is 1. The topological polar surface area (TPSA) is 66.8 Å². The number of hydrogen-bond donors (Lipinski definition) is 1. The highest BCUT2D eigenvalue weighted by molar-refractivity contribution is 5.88. The summed E-state index contributed by atoms with van der Waals surface area (Å²) in [5.74, 6) is -1.59. The number of nitrogens with zero attached hydrogens (tertiary/aromatic N) is 1. The lowest BCUT2D eigenvalue weighted by Crippen LogP contribution is -2.35. The van der Waals surface area contributed by atoms with Crippen molar-refractivity contribution in [2.45, 2.75) is 26.2 Å². The molecule has 0 atom stereocenters. The fourth-order valence-corrected chi connectivity index (χ4v) is 2.73. The lowest BCUT2D eigenvalue weighted by atomic mass is 9.93. The van der Waals surface area contributed by atoms with Crippen LogP contribution in [0.25, 0.3) is 0 Å². The molecular weight excluding hydrogens is 289 g/mol. The molecule has 6 heteroatoms. The number of piperidine rings is 1. The molecule has 5 nitrogen and oxygen atoms in total. The SMILES string of the molecule is CCOC(=O)CC1CCN(c2ccc(C(=O)O)cc2F)CC1. The van der Waals surface area contributed by atoms with Crippen LogP contribution in [0.2, 0.25) is 0 Å². The van der Waals surface area contributed by atoms with Crippen LogP contribution in [0.5, 0.6) is 0 Å². The summed E-state index contributed by atoms with van der Waals surface area (Å²) < 4.78 is 19.0. The van der Waals surface area contributed by atoms with Gasteiger partial charge in [0.05, 0.1) is 17.9 Å². The third kappa shape index (κ3) is 3.96. The Hall–Kier alpha value is -2.11. The van der Waals surface area contributed by atoms with Gasteiger partial charge in [0.25, 0.3) is 0 Å². The summed E-state index contributed by atoms with van der Waals surface area (Å²) in [6.07, 6.45) is 1.99. The minimum absolute atomic E-state index is 0.0570. The number of halogens is 1. The summed E-state index contributed by atoms with van der Waals surface area (Å²) in [7, 11) is 0. The highest BCUT2D eigenvalue weighted by Gasteiger charge is 2.24. The zero-order chi connectivity index (χ0) is 16.1. The van der Waals surface area contributed by atoms with Crippen molar-refractivity contribution < 1.29 is 23.8 Å². The van der Waals surface area contributed by atoms with Crippen LogP contribution in [0.4, 0.5) is 10.1 Å². The van der Waals surface area contributed by atoms with E-state index in [0.717, 1.165) is 18.9 Å². The first-order valence-electron chi connectivity index (χ1n) is 7.44. The Morgan fingerprint density at radius 1 is 1.36 bits per heavy atom. The molecule has 0 bridgehead atoms. The van der Waals surface area contributed by atoms with Crippen LogP contribution in [-0.2, 0) is 9.53 Å². The number of anilines is 1. The Kier molecular flexibility index (Phi) is 5.35. The van der Waals surface area contributed by atoms with E-state index >= 15 is 0 Å². The van der Waals surface area contributed by atoms with Gasteiger partial charge in [-0.1, -0.05) is 0 Å². The standard InChI is InChI=1S/C16H20FNO4/c1-2-22-15(19)9-11-5-7-18(8-6-11)14-4-3-12(16(20)21)10-13(14)17/h3-4,10-11H,2,5-9H2,1H3,(H,20,21). The van der Waals surface area contributed by atoms with Gasteiger partial charge in [0, 0.05) is 19.5 Å². The number of rotatable bonds is 5. The van der Waals surface area contributed by atoms with E-state index in [1.807, 2.05) is 4.90 Å². The lowest BCUT2D eigenvalue weighted by molar-refractivity contribution is -0.144. The highest BCUT2D eigenvalue weighted by atomic mass is 19.1. The predicted molar refractivity (Wildman–Crippen MR) is 79.5 cm³/mol. The first-order valence-corrected chi connectivity index (χ1v) is 7.44. The van der Waals surface area contributed by atoms with Gasteiger partial charge in [0.2, 0.25) is 0 Å². The van der Waals surface area contributed by atoms with Crippen LogP contribution in [0.1, 0.15) is 36.5 Å². The average molecular weight is 309 g/mol. The third-order valence-electron chi connectivity index (χ3n) is 3.91. The molecule has 1 saturated heterocycles. The molecule has 0 spiro atoms. The van der Waals surface area contributed by atoms with Gasteiger partial charge in [-0.05, 0) is 43.9 Å². The van der Waals surface area contributed by atoms with E-state index < -0.39 is 11.8 Å². The summed E-state index contributed by atoms with van der Waals surface area (Å²) in [5, 5.41) is 8.85. The molecule has 1 aliphatic rings. The first kappa shape index (κ1) is 16.3. The Morgan fingerprint density at radius 2 is 2.05 bits per heavy atom. The summed E-state index contributed by atoms with van der Waals surface area (Å²) in [4.78, 5) is 24.2. The molecule has 1 fully saturated rings. The van der Waals surface area contributed by atoms with Crippen LogP contribution < -0.4 is 4.90 Å². The molecule has 1 heterocycles. The second kappa shape index (κ2) is 7.24. The Balaban J connectivity index is 1.94. The van der Waals surface area contributed by atoms with Crippen molar-refractivity contribution >= 4 is 17.6 Å². The van der Waals surface area contributed by atoms with E-state index in [1.54, 1.807) is 6.92 Å². The summed E-state index contributed by atoms with van der Waals surface area (Å²) in [6, 6.07) is 3.96. The molecule has 0 saturated carbocycles. The lowest BCUT2D eigenvalue weighted by Gasteiger charge is -2.33. The Labute approximate surface area is 128 Å². The summed E-state index contributed by atoms with van der Waals surface area (Å²) in [5.41, 5.74) is 0.359. The summed E-state index contributed by atoms with van der Waals surface area (Å²) >= 11 is 0. The van der Waals surface area contributed by atoms with Crippen molar-refractivity contribution in [1.82, 2.24) is 0 Å². The maximum absolute atomic E-state index is 14.0. The molecule has 0 radical (unpaired) electrons. The van der Waals surface area contributed by atoms with Gasteiger partial charge in [0.15, 0.2) is 0 Å². The van der Waals surface area contributed by atoms with Gasteiger partial charge in [-0.15, -0.1) is 0 Å². The van der Waals surface area contributed by atoms with Gasteiger partial charge < -0.3 is 14.7 Å². The van der Waals surface area contributed by atoms with Crippen molar-refractivity contribution in [3.63, 3.8) is 0 Å². The zero-order valence-electron chi connectivity index (χ0n) is 12.5. The number of carboxylic acids is 1. The van der Waals surface area contributed by atoms with Crippen molar-refractivity contribution in [2.24, 2.45) is 5.92 Å². The first-order chi connectivity index (χ1) is 10.5.